The molecule has 11 heteroatoms. The molecule has 0 radical (unpaired) electrons. The Balaban J connectivity index is 1.48. The summed E-state index contributed by atoms with van der Waals surface area (Å²) in [6.07, 6.45) is 0.913. The molecule has 1 fully saturated rings. The van der Waals surface area contributed by atoms with Crippen LogP contribution in [-0.4, -0.2) is 39.9 Å². The van der Waals surface area contributed by atoms with Crippen molar-refractivity contribution in [1.82, 2.24) is 20.1 Å². The smallest absolute Gasteiger partial charge is 0.255 e. The lowest BCUT2D eigenvalue weighted by Crippen LogP contribution is -2.23. The van der Waals surface area contributed by atoms with Crippen LogP contribution in [-0.2, 0) is 6.54 Å². The van der Waals surface area contributed by atoms with E-state index in [2.05, 4.69) is 15.4 Å². The monoisotopic (exact) mass is 480 g/mol. The summed E-state index contributed by atoms with van der Waals surface area (Å²) in [6.45, 7) is 0.126. The highest BCUT2D eigenvalue weighted by molar-refractivity contribution is 6.07. The molecule has 5 rings (SSSR count). The first kappa shape index (κ1) is 22.4. The molecule has 9 nitrogen and oxygen atoms in total. The highest BCUT2D eigenvalue weighted by atomic mass is 19.1. The maximum Gasteiger partial charge on any atom is 0.255 e. The number of alkyl halides is 1. The highest BCUT2D eigenvalue weighted by Crippen LogP contribution is 2.43. The third-order valence-electron chi connectivity index (χ3n) is 6.10. The van der Waals surface area contributed by atoms with Crippen molar-refractivity contribution >= 4 is 28.5 Å². The Morgan fingerprint density at radius 1 is 1.29 bits per heavy atom. The fourth-order valence-electron chi connectivity index (χ4n) is 4.24. The Morgan fingerprint density at radius 2 is 2.06 bits per heavy atom. The number of H-pyrrole nitrogens is 1. The minimum atomic E-state index is -1.07. The molecule has 2 aromatic heterocycles. The van der Waals surface area contributed by atoms with Gasteiger partial charge in [0.15, 0.2) is 0 Å². The summed E-state index contributed by atoms with van der Waals surface area (Å²) >= 11 is 0. The first-order valence-corrected chi connectivity index (χ1v) is 10.8. The average molecular weight is 480 g/mol. The number of hydrogen-bond donors (Lipinski definition) is 4. The molecule has 2 aromatic carbocycles. The van der Waals surface area contributed by atoms with E-state index in [9.17, 15) is 18.4 Å². The van der Waals surface area contributed by atoms with Crippen LogP contribution in [0.5, 0.6) is 5.75 Å². The molecule has 180 valence electrons. The van der Waals surface area contributed by atoms with Crippen molar-refractivity contribution in [2.45, 2.75) is 25.2 Å². The van der Waals surface area contributed by atoms with Gasteiger partial charge in [0.1, 0.15) is 34.8 Å². The van der Waals surface area contributed by atoms with Gasteiger partial charge in [0.05, 0.1) is 24.2 Å². The third-order valence-corrected chi connectivity index (χ3v) is 6.10. The van der Waals surface area contributed by atoms with E-state index in [0.717, 1.165) is 11.6 Å². The van der Waals surface area contributed by atoms with E-state index < -0.39 is 29.8 Å². The Bertz CT molecular complexity index is 1480. The van der Waals surface area contributed by atoms with Gasteiger partial charge in [-0.1, -0.05) is 12.1 Å². The van der Waals surface area contributed by atoms with Gasteiger partial charge in [-0.3, -0.25) is 9.59 Å². The van der Waals surface area contributed by atoms with Crippen LogP contribution >= 0.6 is 0 Å². The largest absolute Gasteiger partial charge is 0.496 e. The summed E-state index contributed by atoms with van der Waals surface area (Å²) in [5.74, 6) is -1.53. The number of aromatic amines is 1. The lowest BCUT2D eigenvalue weighted by Gasteiger charge is -2.11. The van der Waals surface area contributed by atoms with Crippen molar-refractivity contribution in [3.63, 3.8) is 0 Å². The number of anilines is 1. The van der Waals surface area contributed by atoms with E-state index in [4.69, 9.17) is 16.2 Å². The van der Waals surface area contributed by atoms with E-state index in [1.54, 1.807) is 24.4 Å². The van der Waals surface area contributed by atoms with Gasteiger partial charge < -0.3 is 26.5 Å². The molecular weight excluding hydrogens is 458 g/mol. The van der Waals surface area contributed by atoms with Crippen LogP contribution in [0.15, 0.2) is 42.6 Å². The number of aromatic nitrogens is 3. The molecule has 0 saturated heterocycles. The summed E-state index contributed by atoms with van der Waals surface area (Å²) in [5.41, 5.74) is 14.1. The number of methoxy groups -OCH3 is 1. The summed E-state index contributed by atoms with van der Waals surface area (Å²) in [6, 6.07) is 8.47. The van der Waals surface area contributed by atoms with Crippen LogP contribution in [0.25, 0.3) is 22.2 Å². The molecule has 6 N–H and O–H groups in total. The number of nitrogens with one attached hydrogen (secondary N) is 2. The molecule has 0 spiro atoms. The summed E-state index contributed by atoms with van der Waals surface area (Å²) in [5, 5.41) is 7.91. The SMILES string of the molecule is COc1ccc(F)cc1C(=O)NCc1ccc(-c2nn(C3CC3F)c(N)c2C(N)=O)c2cc[nH]c12. The minimum Gasteiger partial charge on any atom is -0.496 e. The standard InChI is InChI=1S/C24H22F2N6O3/c1-35-18-5-3-12(25)8-15(18)24(34)30-10-11-2-4-13(14-6-7-29-20(11)14)21-19(23(28)33)22(27)32(31-21)17-9-16(17)26/h2-8,16-17,29H,9-10,27H2,1H3,(H2,28,33)(H,30,34). The van der Waals surface area contributed by atoms with Crippen LogP contribution in [0, 0.1) is 5.82 Å². The van der Waals surface area contributed by atoms with Gasteiger partial charge in [0, 0.05) is 30.1 Å². The van der Waals surface area contributed by atoms with Gasteiger partial charge in [-0.25, -0.2) is 13.5 Å². The second-order valence-corrected chi connectivity index (χ2v) is 8.30. The number of halogens is 2. The van der Waals surface area contributed by atoms with Gasteiger partial charge in [-0.05, 0) is 29.8 Å². The zero-order valence-electron chi connectivity index (χ0n) is 18.6. The molecular formula is C24H22F2N6O3. The second-order valence-electron chi connectivity index (χ2n) is 8.30. The predicted molar refractivity (Wildman–Crippen MR) is 125 cm³/mol. The number of nitrogens with zero attached hydrogens (tertiary/aromatic N) is 2. The number of fused-ring (bicyclic) bond motifs is 1. The quantitative estimate of drug-likeness (QED) is 0.322. The maximum atomic E-state index is 13.7. The first-order valence-electron chi connectivity index (χ1n) is 10.8. The molecule has 35 heavy (non-hydrogen) atoms. The lowest BCUT2D eigenvalue weighted by atomic mass is 10.00. The number of benzene rings is 2. The van der Waals surface area contributed by atoms with E-state index in [1.165, 1.54) is 23.9 Å². The number of nitrogens with two attached hydrogens (primary N) is 2. The van der Waals surface area contributed by atoms with Gasteiger partial charge >= 0.3 is 0 Å². The maximum absolute atomic E-state index is 13.7. The van der Waals surface area contributed by atoms with Gasteiger partial charge in [-0.2, -0.15) is 5.10 Å². The Morgan fingerprint density at radius 3 is 2.74 bits per heavy atom. The van der Waals surface area contributed by atoms with Crippen LogP contribution < -0.4 is 21.5 Å². The number of ether oxygens (including phenoxy) is 1. The number of nitrogen functional groups attached to an aromatic ring is 1. The number of amides is 2. The van der Waals surface area contributed by atoms with Crippen LogP contribution in [0.3, 0.4) is 0 Å². The highest BCUT2D eigenvalue weighted by Gasteiger charge is 2.42. The molecule has 2 unspecified atom stereocenters. The third kappa shape index (κ3) is 3.84. The zero-order chi connectivity index (χ0) is 24.9. The topological polar surface area (TPSA) is 141 Å². The molecule has 0 bridgehead atoms. The number of rotatable bonds is 7. The van der Waals surface area contributed by atoms with E-state index >= 15 is 0 Å². The molecule has 2 heterocycles. The molecule has 1 aliphatic carbocycles. The molecule has 2 amide bonds. The zero-order valence-corrected chi connectivity index (χ0v) is 18.6. The number of carbonyl (C=O) groups is 2. The molecule has 2 atom stereocenters. The predicted octanol–water partition coefficient (Wildman–Crippen LogP) is 3.07. The van der Waals surface area contributed by atoms with Crippen LogP contribution in [0.4, 0.5) is 14.6 Å². The summed E-state index contributed by atoms with van der Waals surface area (Å²) < 4.78 is 33.8. The summed E-state index contributed by atoms with van der Waals surface area (Å²) in [4.78, 5) is 28.0. The fraction of sp³-hybridized carbons (Fsp3) is 0.208. The first-order chi connectivity index (χ1) is 16.8. The van der Waals surface area contributed by atoms with E-state index in [0.29, 0.717) is 16.5 Å². The van der Waals surface area contributed by atoms with Crippen LogP contribution in [0.1, 0.15) is 38.7 Å². The van der Waals surface area contributed by atoms with Gasteiger partial charge in [-0.15, -0.1) is 0 Å². The molecule has 0 aliphatic heterocycles. The summed E-state index contributed by atoms with van der Waals surface area (Å²) in [7, 11) is 1.40. The Labute approximate surface area is 198 Å². The number of primary amides is 1. The van der Waals surface area contributed by atoms with Gasteiger partial charge in [0.25, 0.3) is 11.8 Å². The van der Waals surface area contributed by atoms with Crippen molar-refractivity contribution in [3.8, 4) is 17.0 Å². The Kier molecular flexibility index (Phi) is 5.39. The lowest BCUT2D eigenvalue weighted by molar-refractivity contribution is 0.0946. The van der Waals surface area contributed by atoms with Crippen molar-refractivity contribution in [2.24, 2.45) is 5.73 Å². The number of carbonyl (C=O) groups excluding carboxylic acids is 2. The molecule has 1 saturated carbocycles. The van der Waals surface area contributed by atoms with Crippen molar-refractivity contribution < 1.29 is 23.1 Å². The second kappa shape index (κ2) is 8.42. The fourth-order valence-corrected chi connectivity index (χ4v) is 4.24. The Hall–Kier alpha value is -4.41. The van der Waals surface area contributed by atoms with Gasteiger partial charge in [0.2, 0.25) is 0 Å². The van der Waals surface area contributed by atoms with E-state index in [-0.39, 0.29) is 41.4 Å². The number of hydrogen-bond acceptors (Lipinski definition) is 5. The molecule has 1 aliphatic rings. The minimum absolute atomic E-state index is 0.0294. The molecule has 4 aromatic rings. The average Bonchev–Trinajstić information content (AvgIpc) is 3.21. The van der Waals surface area contributed by atoms with Crippen molar-refractivity contribution in [3.05, 3.63) is 65.1 Å². The van der Waals surface area contributed by atoms with E-state index in [1.807, 2.05) is 0 Å². The normalized spacial score (nSPS) is 16.9. The van der Waals surface area contributed by atoms with Crippen LogP contribution in [0.2, 0.25) is 0 Å². The van der Waals surface area contributed by atoms with Crippen molar-refractivity contribution in [2.75, 3.05) is 12.8 Å². The van der Waals surface area contributed by atoms with Crippen molar-refractivity contribution in [1.29, 1.82) is 0 Å².